The van der Waals surface area contributed by atoms with Crippen LogP contribution >= 0.6 is 0 Å². The molecule has 0 bridgehead atoms. The van der Waals surface area contributed by atoms with Crippen LogP contribution in [0.4, 0.5) is 0 Å². The third-order valence-corrected chi connectivity index (χ3v) is 5.16. The Morgan fingerprint density at radius 1 is 1.48 bits per heavy atom. The molecule has 21 heavy (non-hydrogen) atoms. The third kappa shape index (κ3) is 4.28. The number of carboxylic acid groups (broad SMARTS) is 1. The second kappa shape index (κ2) is 7.04. The van der Waals surface area contributed by atoms with Crippen molar-refractivity contribution < 1.29 is 18.3 Å². The van der Waals surface area contributed by atoms with Gasteiger partial charge in [-0.25, -0.2) is 13.4 Å². The number of nitrogens with zero attached hydrogens (tertiary/aromatic N) is 3. The van der Waals surface area contributed by atoms with Crippen LogP contribution < -0.4 is 0 Å². The van der Waals surface area contributed by atoms with Crippen molar-refractivity contribution in [3.8, 4) is 0 Å². The largest absolute Gasteiger partial charge is 0.481 e. The van der Waals surface area contributed by atoms with Crippen molar-refractivity contribution in [2.24, 2.45) is 0 Å². The van der Waals surface area contributed by atoms with Gasteiger partial charge < -0.3 is 9.67 Å². The standard InChI is InChI=1S/C13H23N3O4S/c1-5-15-9-12(14-11(15)4)21(19,20)16(10(2)3)8-6-7-13(17)18/h9-10H,5-8H2,1-4H3,(H,17,18). The minimum Gasteiger partial charge on any atom is -0.481 e. The first kappa shape index (κ1) is 17.6. The lowest BCUT2D eigenvalue weighted by molar-refractivity contribution is -0.137. The Morgan fingerprint density at radius 2 is 2.10 bits per heavy atom. The molecular formula is C13H23N3O4S. The van der Waals surface area contributed by atoms with Gasteiger partial charge in [0.15, 0.2) is 5.03 Å². The molecule has 1 aromatic heterocycles. The molecule has 1 aromatic rings. The number of carboxylic acids is 1. The van der Waals surface area contributed by atoms with Crippen LogP contribution in [0.15, 0.2) is 11.2 Å². The second-order valence-corrected chi connectivity index (χ2v) is 6.96. The van der Waals surface area contributed by atoms with Gasteiger partial charge in [-0.1, -0.05) is 0 Å². The average molecular weight is 317 g/mol. The number of sulfonamides is 1. The summed E-state index contributed by atoms with van der Waals surface area (Å²) in [4.78, 5) is 14.7. The number of aliphatic carboxylic acids is 1. The molecule has 0 aliphatic carbocycles. The van der Waals surface area contributed by atoms with E-state index < -0.39 is 16.0 Å². The number of carbonyl (C=O) groups is 1. The molecule has 0 atom stereocenters. The van der Waals surface area contributed by atoms with Crippen LogP contribution in [0.3, 0.4) is 0 Å². The Morgan fingerprint density at radius 3 is 2.52 bits per heavy atom. The molecule has 0 amide bonds. The minimum atomic E-state index is -3.70. The fourth-order valence-corrected chi connectivity index (χ4v) is 3.76. The van der Waals surface area contributed by atoms with Crippen molar-refractivity contribution in [1.29, 1.82) is 0 Å². The van der Waals surface area contributed by atoms with Gasteiger partial charge in [0.2, 0.25) is 0 Å². The third-order valence-electron chi connectivity index (χ3n) is 3.21. The fraction of sp³-hybridized carbons (Fsp3) is 0.692. The highest BCUT2D eigenvalue weighted by Gasteiger charge is 2.29. The fourth-order valence-electron chi connectivity index (χ4n) is 2.09. The highest BCUT2D eigenvalue weighted by atomic mass is 32.2. The number of imidazole rings is 1. The Hall–Kier alpha value is -1.41. The smallest absolute Gasteiger partial charge is 0.303 e. The summed E-state index contributed by atoms with van der Waals surface area (Å²) < 4.78 is 28.3. The van der Waals surface area contributed by atoms with Crippen LogP contribution in [0.1, 0.15) is 39.4 Å². The normalized spacial score (nSPS) is 12.3. The van der Waals surface area contributed by atoms with E-state index in [1.54, 1.807) is 25.3 Å². The lowest BCUT2D eigenvalue weighted by atomic mass is 10.3. The molecule has 1 heterocycles. The minimum absolute atomic E-state index is 0.0193. The van der Waals surface area contributed by atoms with Crippen LogP contribution in [0.5, 0.6) is 0 Å². The summed E-state index contributed by atoms with van der Waals surface area (Å²) >= 11 is 0. The van der Waals surface area contributed by atoms with Gasteiger partial charge in [0, 0.05) is 31.7 Å². The van der Waals surface area contributed by atoms with E-state index in [4.69, 9.17) is 5.11 Å². The van der Waals surface area contributed by atoms with Crippen molar-refractivity contribution in [1.82, 2.24) is 13.9 Å². The quantitative estimate of drug-likeness (QED) is 0.784. The van der Waals surface area contributed by atoms with E-state index in [1.807, 2.05) is 6.92 Å². The summed E-state index contributed by atoms with van der Waals surface area (Å²) in [6.07, 6.45) is 1.75. The molecule has 0 spiro atoms. The highest BCUT2D eigenvalue weighted by Crippen LogP contribution is 2.18. The summed E-state index contributed by atoms with van der Waals surface area (Å²) in [6, 6.07) is -0.254. The molecule has 8 heteroatoms. The summed E-state index contributed by atoms with van der Waals surface area (Å²) in [7, 11) is -3.70. The number of rotatable bonds is 8. The summed E-state index contributed by atoms with van der Waals surface area (Å²) in [5.74, 6) is -0.285. The van der Waals surface area contributed by atoms with Crippen molar-refractivity contribution >= 4 is 16.0 Å². The van der Waals surface area contributed by atoms with E-state index in [2.05, 4.69) is 4.98 Å². The summed E-state index contributed by atoms with van der Waals surface area (Å²) in [5.41, 5.74) is 0. The van der Waals surface area contributed by atoms with Gasteiger partial charge in [0.05, 0.1) is 0 Å². The van der Waals surface area contributed by atoms with Gasteiger partial charge >= 0.3 is 5.97 Å². The maximum Gasteiger partial charge on any atom is 0.303 e. The van der Waals surface area contributed by atoms with Crippen LogP contribution in [-0.2, 0) is 21.4 Å². The Bertz CT molecular complexity index is 593. The molecule has 1 N–H and O–H groups in total. The first-order valence-electron chi connectivity index (χ1n) is 6.97. The Balaban J connectivity index is 3.01. The van der Waals surface area contributed by atoms with Gasteiger partial charge in [-0.05, 0) is 34.1 Å². The summed E-state index contributed by atoms with van der Waals surface area (Å²) in [5, 5.41) is 8.69. The number of hydrogen-bond acceptors (Lipinski definition) is 4. The first-order valence-corrected chi connectivity index (χ1v) is 8.41. The van der Waals surface area contributed by atoms with Crippen LogP contribution in [-0.4, -0.2) is 45.9 Å². The number of aromatic nitrogens is 2. The van der Waals surface area contributed by atoms with Crippen molar-refractivity contribution in [3.05, 3.63) is 12.0 Å². The molecule has 0 radical (unpaired) electrons. The van der Waals surface area contributed by atoms with Gasteiger partial charge in [-0.3, -0.25) is 4.79 Å². The van der Waals surface area contributed by atoms with E-state index in [9.17, 15) is 13.2 Å². The van der Waals surface area contributed by atoms with E-state index in [0.29, 0.717) is 12.4 Å². The first-order chi connectivity index (χ1) is 9.70. The zero-order chi connectivity index (χ0) is 16.2. The Kier molecular flexibility index (Phi) is 5.91. The van der Waals surface area contributed by atoms with Gasteiger partial charge in [0.1, 0.15) is 5.82 Å². The number of aryl methyl sites for hydroxylation is 2. The van der Waals surface area contributed by atoms with Gasteiger partial charge in [0.25, 0.3) is 10.0 Å². The van der Waals surface area contributed by atoms with E-state index in [0.717, 1.165) is 0 Å². The molecule has 1 rings (SSSR count). The van der Waals surface area contributed by atoms with E-state index in [1.165, 1.54) is 10.5 Å². The van der Waals surface area contributed by atoms with Crippen molar-refractivity contribution in [2.45, 2.75) is 58.1 Å². The predicted octanol–water partition coefficient (Wildman–Crippen LogP) is 1.48. The number of hydrogen-bond donors (Lipinski definition) is 1. The zero-order valence-electron chi connectivity index (χ0n) is 12.9. The molecular weight excluding hydrogens is 294 g/mol. The molecule has 0 unspecified atom stereocenters. The monoisotopic (exact) mass is 317 g/mol. The molecule has 0 saturated heterocycles. The van der Waals surface area contributed by atoms with Crippen LogP contribution in [0.25, 0.3) is 0 Å². The average Bonchev–Trinajstić information content (AvgIpc) is 2.75. The predicted molar refractivity (Wildman–Crippen MR) is 78.5 cm³/mol. The molecule has 0 aliphatic heterocycles. The second-order valence-electron chi connectivity index (χ2n) is 5.12. The Labute approximate surface area is 125 Å². The lowest BCUT2D eigenvalue weighted by Gasteiger charge is -2.24. The molecule has 7 nitrogen and oxygen atoms in total. The molecule has 120 valence electrons. The topological polar surface area (TPSA) is 92.5 Å². The van der Waals surface area contributed by atoms with E-state index >= 15 is 0 Å². The lowest BCUT2D eigenvalue weighted by Crippen LogP contribution is -2.38. The van der Waals surface area contributed by atoms with Crippen molar-refractivity contribution in [2.75, 3.05) is 6.54 Å². The van der Waals surface area contributed by atoms with Crippen LogP contribution in [0.2, 0.25) is 0 Å². The SMILES string of the molecule is CCn1cc(S(=O)(=O)N(CCCC(=O)O)C(C)C)nc1C. The molecule has 0 aromatic carbocycles. The van der Waals surface area contributed by atoms with Gasteiger partial charge in [-0.15, -0.1) is 0 Å². The molecule has 0 aliphatic rings. The van der Waals surface area contributed by atoms with Crippen LogP contribution in [0, 0.1) is 6.92 Å². The van der Waals surface area contributed by atoms with E-state index in [-0.39, 0.29) is 30.5 Å². The molecule has 0 saturated carbocycles. The molecule has 0 fully saturated rings. The summed E-state index contributed by atoms with van der Waals surface area (Å²) in [6.45, 7) is 8.02. The zero-order valence-corrected chi connectivity index (χ0v) is 13.7. The van der Waals surface area contributed by atoms with Gasteiger partial charge in [-0.2, -0.15) is 4.31 Å². The maximum absolute atomic E-state index is 12.6. The van der Waals surface area contributed by atoms with Crippen molar-refractivity contribution in [3.63, 3.8) is 0 Å². The highest BCUT2D eigenvalue weighted by molar-refractivity contribution is 7.89. The maximum atomic E-state index is 12.6.